The smallest absolute Gasteiger partial charge is 0.251 e. The minimum absolute atomic E-state index is 0.0176. The molecule has 1 N–H and O–H groups in total. The Morgan fingerprint density at radius 3 is 2.44 bits per heavy atom. The van der Waals surface area contributed by atoms with E-state index < -0.39 is 0 Å². The summed E-state index contributed by atoms with van der Waals surface area (Å²) in [7, 11) is 0. The maximum Gasteiger partial charge on any atom is 0.251 e. The fraction of sp³-hybridized carbons (Fsp3) is 0.222. The number of halogens is 1. The van der Waals surface area contributed by atoms with Gasteiger partial charge in [-0.3, -0.25) is 4.79 Å². The van der Waals surface area contributed by atoms with Crippen LogP contribution < -0.4 is 5.32 Å². The lowest BCUT2D eigenvalue weighted by molar-refractivity contribution is 0.0931. The van der Waals surface area contributed by atoms with E-state index in [-0.39, 0.29) is 11.9 Å². The third-order valence-corrected chi connectivity index (χ3v) is 4.60. The lowest BCUT2D eigenvalue weighted by Gasteiger charge is -2.19. The molecular weight excluding hydrogens is 338 g/mol. The fourth-order valence-electron chi connectivity index (χ4n) is 2.84. The Morgan fingerprint density at radius 2 is 1.84 bits per heavy atom. The molecule has 1 fully saturated rings. The van der Waals surface area contributed by atoms with Gasteiger partial charge in [-0.25, -0.2) is 4.68 Å². The van der Waals surface area contributed by atoms with Crippen LogP contribution in [0.5, 0.6) is 0 Å². The van der Waals surface area contributed by atoms with Crippen LogP contribution in [-0.4, -0.2) is 26.1 Å². The fourth-order valence-corrected chi connectivity index (χ4v) is 2.97. The highest BCUT2D eigenvalue weighted by molar-refractivity contribution is 6.30. The molecule has 0 spiro atoms. The summed E-state index contributed by atoms with van der Waals surface area (Å²) < 4.78 is 1.54. The van der Waals surface area contributed by atoms with E-state index in [1.54, 1.807) is 16.8 Å². The van der Waals surface area contributed by atoms with E-state index in [2.05, 4.69) is 20.8 Å². The van der Waals surface area contributed by atoms with Gasteiger partial charge in [0.1, 0.15) is 6.33 Å². The predicted molar refractivity (Wildman–Crippen MR) is 93.5 cm³/mol. The zero-order chi connectivity index (χ0) is 17.2. The molecule has 0 aliphatic heterocycles. The van der Waals surface area contributed by atoms with Crippen LogP contribution in [0.4, 0.5) is 0 Å². The maximum atomic E-state index is 12.6. The molecule has 0 bridgehead atoms. The summed E-state index contributed by atoms with van der Waals surface area (Å²) in [6.45, 7) is 0. The predicted octanol–water partition coefficient (Wildman–Crippen LogP) is 3.20. The minimum Gasteiger partial charge on any atom is -0.345 e. The van der Waals surface area contributed by atoms with Crippen LogP contribution in [0.25, 0.3) is 5.69 Å². The number of nitrogens with one attached hydrogen (secondary N) is 1. The average molecular weight is 354 g/mol. The summed E-state index contributed by atoms with van der Waals surface area (Å²) in [4.78, 5) is 12.6. The van der Waals surface area contributed by atoms with Gasteiger partial charge in [0.25, 0.3) is 5.91 Å². The molecular formula is C18H16ClN5O. The zero-order valence-electron chi connectivity index (χ0n) is 13.3. The first kappa shape index (κ1) is 15.8. The van der Waals surface area contributed by atoms with Gasteiger partial charge in [-0.15, -0.1) is 5.10 Å². The number of tetrazole rings is 1. The number of amides is 1. The van der Waals surface area contributed by atoms with Gasteiger partial charge in [0.15, 0.2) is 0 Å². The highest BCUT2D eigenvalue weighted by Crippen LogP contribution is 2.41. The Balaban J connectivity index is 1.50. The first-order chi connectivity index (χ1) is 12.2. The van der Waals surface area contributed by atoms with Gasteiger partial charge in [-0.05, 0) is 71.1 Å². The second-order valence-electron chi connectivity index (χ2n) is 6.14. The molecule has 3 aromatic rings. The second-order valence-corrected chi connectivity index (χ2v) is 6.58. The van der Waals surface area contributed by atoms with Crippen LogP contribution in [0.3, 0.4) is 0 Å². The molecule has 25 heavy (non-hydrogen) atoms. The van der Waals surface area contributed by atoms with E-state index in [1.165, 1.54) is 6.33 Å². The van der Waals surface area contributed by atoms with Gasteiger partial charge in [0.05, 0.1) is 11.7 Å². The van der Waals surface area contributed by atoms with Crippen LogP contribution in [0.1, 0.15) is 34.8 Å². The van der Waals surface area contributed by atoms with Crippen molar-refractivity contribution in [2.75, 3.05) is 0 Å². The van der Waals surface area contributed by atoms with E-state index in [1.807, 2.05) is 36.4 Å². The Hall–Kier alpha value is -2.73. The number of hydrogen-bond donors (Lipinski definition) is 1. The molecule has 1 aliphatic carbocycles. The van der Waals surface area contributed by atoms with Gasteiger partial charge in [-0.2, -0.15) is 0 Å². The third-order valence-electron chi connectivity index (χ3n) is 4.35. The number of rotatable bonds is 5. The topological polar surface area (TPSA) is 72.7 Å². The number of carbonyl (C=O) groups excluding carboxylic acids is 1. The summed E-state index contributed by atoms with van der Waals surface area (Å²) in [6.07, 6.45) is 3.77. The van der Waals surface area contributed by atoms with E-state index in [4.69, 9.17) is 11.6 Å². The van der Waals surface area contributed by atoms with Crippen LogP contribution in [0, 0.1) is 5.92 Å². The first-order valence-electron chi connectivity index (χ1n) is 8.10. The zero-order valence-corrected chi connectivity index (χ0v) is 14.1. The van der Waals surface area contributed by atoms with E-state index >= 15 is 0 Å². The molecule has 1 heterocycles. The van der Waals surface area contributed by atoms with Crippen molar-refractivity contribution in [2.24, 2.45) is 5.92 Å². The second kappa shape index (κ2) is 6.64. The highest BCUT2D eigenvalue weighted by atomic mass is 35.5. The molecule has 0 saturated heterocycles. The van der Waals surface area contributed by atoms with Gasteiger partial charge in [0, 0.05) is 10.6 Å². The van der Waals surface area contributed by atoms with Crippen molar-refractivity contribution < 1.29 is 4.79 Å². The molecule has 1 aliphatic rings. The number of benzene rings is 2. The van der Waals surface area contributed by atoms with Crippen molar-refractivity contribution in [2.45, 2.75) is 18.9 Å². The number of carbonyl (C=O) groups is 1. The quantitative estimate of drug-likeness (QED) is 0.764. The van der Waals surface area contributed by atoms with Crippen LogP contribution in [0.15, 0.2) is 54.9 Å². The molecule has 2 aromatic carbocycles. The lowest BCUT2D eigenvalue weighted by Crippen LogP contribution is -2.29. The molecule has 0 radical (unpaired) electrons. The van der Waals surface area contributed by atoms with Crippen molar-refractivity contribution in [3.8, 4) is 5.69 Å². The first-order valence-corrected chi connectivity index (χ1v) is 8.48. The van der Waals surface area contributed by atoms with E-state index in [0.29, 0.717) is 16.5 Å². The van der Waals surface area contributed by atoms with E-state index in [0.717, 1.165) is 24.1 Å². The van der Waals surface area contributed by atoms with Crippen molar-refractivity contribution >= 4 is 17.5 Å². The Kier molecular flexibility index (Phi) is 4.19. The Labute approximate surface area is 149 Å². The normalized spacial score (nSPS) is 14.9. The van der Waals surface area contributed by atoms with Crippen molar-refractivity contribution in [3.63, 3.8) is 0 Å². The summed E-state index contributed by atoms with van der Waals surface area (Å²) in [5.74, 6) is 0.403. The number of nitrogens with zero attached hydrogens (tertiary/aromatic N) is 4. The summed E-state index contributed by atoms with van der Waals surface area (Å²) in [6, 6.07) is 14.9. The SMILES string of the molecule is O=C(N[C@@H](c1ccc(Cl)cc1)C1CC1)c1ccc(-n2cnnn2)cc1. The van der Waals surface area contributed by atoms with Gasteiger partial charge < -0.3 is 5.32 Å². The number of hydrogen-bond acceptors (Lipinski definition) is 4. The van der Waals surface area contributed by atoms with Crippen molar-refractivity contribution in [3.05, 3.63) is 71.0 Å². The maximum absolute atomic E-state index is 12.6. The molecule has 0 unspecified atom stereocenters. The molecule has 1 saturated carbocycles. The van der Waals surface area contributed by atoms with Crippen molar-refractivity contribution in [1.82, 2.24) is 25.5 Å². The standard InChI is InChI=1S/C18H16ClN5O/c19-15-7-3-13(4-8-15)17(12-1-2-12)21-18(25)14-5-9-16(10-6-14)24-11-20-22-23-24/h3-12,17H,1-2H2,(H,21,25)/t17-/m1/s1. The lowest BCUT2D eigenvalue weighted by atomic mass is 10.0. The summed E-state index contributed by atoms with van der Waals surface area (Å²) >= 11 is 5.97. The molecule has 126 valence electrons. The molecule has 1 amide bonds. The van der Waals surface area contributed by atoms with Crippen LogP contribution in [-0.2, 0) is 0 Å². The Bertz CT molecular complexity index is 857. The molecule has 7 heteroatoms. The molecule has 1 aromatic heterocycles. The largest absolute Gasteiger partial charge is 0.345 e. The Morgan fingerprint density at radius 1 is 1.12 bits per heavy atom. The molecule has 4 rings (SSSR count). The minimum atomic E-state index is -0.0879. The van der Waals surface area contributed by atoms with Gasteiger partial charge in [0.2, 0.25) is 0 Å². The van der Waals surface area contributed by atoms with Gasteiger partial charge >= 0.3 is 0 Å². The summed E-state index contributed by atoms with van der Waals surface area (Å²) in [5, 5.41) is 14.9. The molecule has 1 atom stereocenters. The van der Waals surface area contributed by atoms with Crippen LogP contribution >= 0.6 is 11.6 Å². The van der Waals surface area contributed by atoms with Crippen molar-refractivity contribution in [1.29, 1.82) is 0 Å². The van der Waals surface area contributed by atoms with Gasteiger partial charge in [-0.1, -0.05) is 23.7 Å². The third kappa shape index (κ3) is 3.53. The number of aromatic nitrogens is 4. The highest BCUT2D eigenvalue weighted by Gasteiger charge is 2.33. The van der Waals surface area contributed by atoms with E-state index in [9.17, 15) is 4.79 Å². The molecule has 6 nitrogen and oxygen atoms in total. The van der Waals surface area contributed by atoms with Crippen LogP contribution in [0.2, 0.25) is 5.02 Å². The average Bonchev–Trinajstić information content (AvgIpc) is 3.33. The summed E-state index contributed by atoms with van der Waals surface area (Å²) in [5.41, 5.74) is 2.50. The monoisotopic (exact) mass is 353 g/mol.